The number of carbonyl (C=O) groups is 1. The van der Waals surface area contributed by atoms with Crippen LogP contribution in [-0.2, 0) is 16.0 Å². The number of aromatic nitrogens is 3. The number of rotatable bonds is 6. The predicted molar refractivity (Wildman–Crippen MR) is 98.1 cm³/mol. The van der Waals surface area contributed by atoms with Gasteiger partial charge in [-0.3, -0.25) is 19.6 Å². The monoisotopic (exact) mass is 355 g/mol. The molecule has 0 radical (unpaired) electrons. The summed E-state index contributed by atoms with van der Waals surface area (Å²) in [7, 11) is 0. The Balaban J connectivity index is 1.84. The third-order valence-electron chi connectivity index (χ3n) is 4.90. The third kappa shape index (κ3) is 4.64. The van der Waals surface area contributed by atoms with Gasteiger partial charge in [-0.15, -0.1) is 0 Å². The molecule has 1 fully saturated rings. The molecule has 6 nitrogen and oxygen atoms in total. The zero-order valence-electron chi connectivity index (χ0n) is 15.4. The Hall–Kier alpha value is -2.34. The molecule has 26 heavy (non-hydrogen) atoms. The van der Waals surface area contributed by atoms with Crippen molar-refractivity contribution < 1.29 is 9.53 Å². The predicted octanol–water partition coefficient (Wildman–Crippen LogP) is 2.42. The van der Waals surface area contributed by atoms with Gasteiger partial charge in [0.25, 0.3) is 5.56 Å². The molecule has 0 saturated carbocycles. The minimum Gasteiger partial charge on any atom is -0.381 e. The fourth-order valence-electron chi connectivity index (χ4n) is 3.35. The molecular weight excluding hydrogens is 330 g/mol. The van der Waals surface area contributed by atoms with Crippen molar-refractivity contribution >= 4 is 5.78 Å². The minimum absolute atomic E-state index is 0.000554. The van der Waals surface area contributed by atoms with Gasteiger partial charge in [0.05, 0.1) is 23.9 Å². The van der Waals surface area contributed by atoms with E-state index in [9.17, 15) is 9.59 Å². The second-order valence-corrected chi connectivity index (χ2v) is 7.05. The molecule has 6 heteroatoms. The van der Waals surface area contributed by atoms with Gasteiger partial charge in [-0.2, -0.15) is 0 Å². The molecule has 0 spiro atoms. The second kappa shape index (κ2) is 8.36. The molecule has 3 heterocycles. The van der Waals surface area contributed by atoms with E-state index in [1.165, 1.54) is 0 Å². The quantitative estimate of drug-likeness (QED) is 0.796. The van der Waals surface area contributed by atoms with Crippen LogP contribution in [0.1, 0.15) is 42.3 Å². The van der Waals surface area contributed by atoms with E-state index in [1.807, 2.05) is 19.9 Å². The van der Waals surface area contributed by atoms with Crippen LogP contribution in [0.25, 0.3) is 0 Å². The molecule has 0 bridgehead atoms. The van der Waals surface area contributed by atoms with Gasteiger partial charge in [0.15, 0.2) is 5.78 Å². The molecule has 0 N–H and O–H groups in total. The highest BCUT2D eigenvalue weighted by Gasteiger charge is 2.27. The van der Waals surface area contributed by atoms with Crippen molar-refractivity contribution in [3.63, 3.8) is 0 Å². The lowest BCUT2D eigenvalue weighted by Crippen LogP contribution is -2.33. The van der Waals surface area contributed by atoms with Crippen molar-refractivity contribution in [3.05, 3.63) is 58.0 Å². The molecule has 0 unspecified atom stereocenters. The number of ether oxygens (including phenoxy) is 1. The van der Waals surface area contributed by atoms with Gasteiger partial charge in [0.1, 0.15) is 0 Å². The summed E-state index contributed by atoms with van der Waals surface area (Å²) >= 11 is 0. The summed E-state index contributed by atoms with van der Waals surface area (Å²) in [6.07, 6.45) is 7.72. The number of hydrogen-bond donors (Lipinski definition) is 0. The topological polar surface area (TPSA) is 74.1 Å². The van der Waals surface area contributed by atoms with Crippen LogP contribution in [0, 0.1) is 19.8 Å². The average Bonchev–Trinajstić information content (AvgIpc) is 2.63. The molecule has 1 aliphatic rings. The van der Waals surface area contributed by atoms with Crippen LogP contribution >= 0.6 is 0 Å². The van der Waals surface area contributed by atoms with Gasteiger partial charge in [0, 0.05) is 37.9 Å². The standard InChI is InChI=1S/C20H25N3O3/c1-14-3-6-23(20(25)9-14)18(10-16-4-7-26-8-5-16)19(24)11-17-13-21-15(2)12-22-17/h3,6,9,12-13,16,18H,4-5,7-8,10-11H2,1-2H3/t18-/m0/s1. The summed E-state index contributed by atoms with van der Waals surface area (Å²) in [6, 6.07) is 2.97. The molecule has 1 saturated heterocycles. The fraction of sp³-hybridized carbons (Fsp3) is 0.500. The molecule has 1 aliphatic heterocycles. The zero-order chi connectivity index (χ0) is 18.5. The van der Waals surface area contributed by atoms with Crippen LogP contribution in [0.15, 0.2) is 35.5 Å². The number of nitrogens with zero attached hydrogens (tertiary/aromatic N) is 3. The van der Waals surface area contributed by atoms with Crippen LogP contribution in [0.4, 0.5) is 0 Å². The number of aryl methyl sites for hydroxylation is 2. The zero-order valence-corrected chi connectivity index (χ0v) is 15.4. The van der Waals surface area contributed by atoms with Crippen molar-refractivity contribution in [3.8, 4) is 0 Å². The largest absolute Gasteiger partial charge is 0.381 e. The van der Waals surface area contributed by atoms with Gasteiger partial charge in [-0.05, 0) is 50.7 Å². The average molecular weight is 355 g/mol. The first-order valence-corrected chi connectivity index (χ1v) is 9.09. The van der Waals surface area contributed by atoms with E-state index >= 15 is 0 Å². The van der Waals surface area contributed by atoms with E-state index in [1.54, 1.807) is 29.2 Å². The lowest BCUT2D eigenvalue weighted by atomic mass is 9.89. The van der Waals surface area contributed by atoms with Gasteiger partial charge in [0.2, 0.25) is 0 Å². The molecule has 0 aromatic carbocycles. The lowest BCUT2D eigenvalue weighted by Gasteiger charge is -2.27. The normalized spacial score (nSPS) is 16.4. The van der Waals surface area contributed by atoms with E-state index in [2.05, 4.69) is 9.97 Å². The maximum absolute atomic E-state index is 13.1. The van der Waals surface area contributed by atoms with Gasteiger partial charge >= 0.3 is 0 Å². The van der Waals surface area contributed by atoms with Gasteiger partial charge in [-0.1, -0.05) is 0 Å². The summed E-state index contributed by atoms with van der Waals surface area (Å²) in [5.41, 5.74) is 2.21. The maximum Gasteiger partial charge on any atom is 0.251 e. The van der Waals surface area contributed by atoms with Gasteiger partial charge in [-0.25, -0.2) is 0 Å². The van der Waals surface area contributed by atoms with Crippen LogP contribution in [0.3, 0.4) is 0 Å². The van der Waals surface area contributed by atoms with E-state index in [-0.39, 0.29) is 17.8 Å². The van der Waals surface area contributed by atoms with E-state index < -0.39 is 6.04 Å². The van der Waals surface area contributed by atoms with E-state index in [4.69, 9.17) is 4.74 Å². The third-order valence-corrected chi connectivity index (χ3v) is 4.90. The Morgan fingerprint density at radius 3 is 2.69 bits per heavy atom. The highest BCUT2D eigenvalue weighted by molar-refractivity contribution is 5.84. The number of carbonyl (C=O) groups excluding carboxylic acids is 1. The Morgan fingerprint density at radius 1 is 1.27 bits per heavy atom. The number of hydrogen-bond acceptors (Lipinski definition) is 5. The van der Waals surface area contributed by atoms with E-state index in [0.717, 1.165) is 37.3 Å². The molecule has 2 aromatic rings. The van der Waals surface area contributed by atoms with Crippen LogP contribution in [0.2, 0.25) is 0 Å². The lowest BCUT2D eigenvalue weighted by molar-refractivity contribution is -0.122. The number of pyridine rings is 1. The molecule has 0 amide bonds. The first-order valence-electron chi connectivity index (χ1n) is 9.09. The Kier molecular flexibility index (Phi) is 5.93. The molecule has 3 rings (SSSR count). The summed E-state index contributed by atoms with van der Waals surface area (Å²) in [5, 5.41) is 0. The van der Waals surface area contributed by atoms with Crippen LogP contribution in [-0.4, -0.2) is 33.5 Å². The molecule has 2 aromatic heterocycles. The smallest absolute Gasteiger partial charge is 0.251 e. The molecule has 138 valence electrons. The van der Waals surface area contributed by atoms with Crippen molar-refractivity contribution in [1.82, 2.24) is 14.5 Å². The second-order valence-electron chi connectivity index (χ2n) is 7.05. The molecule has 0 aliphatic carbocycles. The Bertz CT molecular complexity index is 808. The van der Waals surface area contributed by atoms with Gasteiger partial charge < -0.3 is 9.30 Å². The summed E-state index contributed by atoms with van der Waals surface area (Å²) in [5.74, 6) is 0.385. The molecular formula is C20H25N3O3. The van der Waals surface area contributed by atoms with Crippen molar-refractivity contribution in [1.29, 1.82) is 0 Å². The minimum atomic E-state index is -0.477. The Labute approximate surface area is 153 Å². The van der Waals surface area contributed by atoms with E-state index in [0.29, 0.717) is 18.0 Å². The van der Waals surface area contributed by atoms with Crippen molar-refractivity contribution in [2.24, 2.45) is 5.92 Å². The van der Waals surface area contributed by atoms with Crippen LogP contribution < -0.4 is 5.56 Å². The highest BCUT2D eigenvalue weighted by Crippen LogP contribution is 2.26. The summed E-state index contributed by atoms with van der Waals surface area (Å²) < 4.78 is 7.00. The number of ketones is 1. The van der Waals surface area contributed by atoms with Crippen LogP contribution in [0.5, 0.6) is 0 Å². The summed E-state index contributed by atoms with van der Waals surface area (Å²) in [6.45, 7) is 5.18. The molecule has 1 atom stereocenters. The number of Topliss-reactive ketones (excluding diaryl/α,β-unsaturated/α-hetero) is 1. The highest BCUT2D eigenvalue weighted by atomic mass is 16.5. The van der Waals surface area contributed by atoms with Crippen molar-refractivity contribution in [2.75, 3.05) is 13.2 Å². The first kappa shape index (κ1) is 18.5. The van der Waals surface area contributed by atoms with Crippen molar-refractivity contribution in [2.45, 2.75) is 45.6 Å². The Morgan fingerprint density at radius 2 is 2.04 bits per heavy atom. The first-order chi connectivity index (χ1) is 12.5. The SMILES string of the molecule is Cc1ccn([C@@H](CC2CCOCC2)C(=O)Cc2cnc(C)cn2)c(=O)c1. The fourth-order valence-corrected chi connectivity index (χ4v) is 3.35. The maximum atomic E-state index is 13.1. The summed E-state index contributed by atoms with van der Waals surface area (Å²) in [4.78, 5) is 34.0.